The molecule has 2 heterocycles. The van der Waals surface area contributed by atoms with Crippen molar-refractivity contribution in [1.82, 2.24) is 0 Å². The lowest BCUT2D eigenvalue weighted by Crippen LogP contribution is -2.46. The highest BCUT2D eigenvalue weighted by Gasteiger charge is 2.55. The summed E-state index contributed by atoms with van der Waals surface area (Å²) in [6.45, 7) is -0.234. The van der Waals surface area contributed by atoms with Crippen LogP contribution in [0.4, 0.5) is 0 Å². The molecule has 8 nitrogen and oxygen atoms in total. The van der Waals surface area contributed by atoms with Gasteiger partial charge in [0.15, 0.2) is 0 Å². The smallest absolute Gasteiger partial charge is 0.314 e. The van der Waals surface area contributed by atoms with Gasteiger partial charge >= 0.3 is 15.2 Å². The van der Waals surface area contributed by atoms with E-state index >= 15 is 18.3 Å². The van der Waals surface area contributed by atoms with Gasteiger partial charge in [-0.1, -0.05) is 182 Å². The molecule has 2 saturated heterocycles. The average molecular weight is 837 g/mol. The van der Waals surface area contributed by atoms with Crippen LogP contribution in [0.1, 0.15) is 22.4 Å². The van der Waals surface area contributed by atoms with Crippen LogP contribution in [0.25, 0.3) is 0 Å². The van der Waals surface area contributed by atoms with Gasteiger partial charge in [0.2, 0.25) is 0 Å². The van der Waals surface area contributed by atoms with E-state index in [0.717, 1.165) is 0 Å². The molecule has 1 spiro atoms. The van der Waals surface area contributed by atoms with E-state index in [4.69, 9.17) is 18.1 Å². The molecule has 292 valence electrons. The molecule has 57 heavy (non-hydrogen) atoms. The lowest BCUT2D eigenvalue weighted by Gasteiger charge is -2.45. The van der Waals surface area contributed by atoms with Crippen LogP contribution in [0.15, 0.2) is 182 Å². The molecule has 0 bridgehead atoms. The Kier molecular flexibility index (Phi) is 11.7. The number of rotatable bonds is 12. The van der Waals surface area contributed by atoms with Gasteiger partial charge in [-0.2, -0.15) is 0 Å². The van der Waals surface area contributed by atoms with E-state index in [2.05, 4.69) is 0 Å². The lowest BCUT2D eigenvalue weighted by atomic mass is 9.93. The number of hydrogen-bond donors (Lipinski definition) is 0. The standard InChI is InChI=1S/C45H44O8P4/c46-54(39-23-11-3-12-24-39,40-25-13-4-14-26-40)31-43(37-19-7-1-8-20-37)56(48)50-33-45(34-51-56)35-52-57(49,53-36-45)44(38-21-9-2-10-22-38)32-55(47,41-27-15-5-16-28-41)42-29-17-6-18-30-42/h1-30,43-44H,31-36H2. The maximum Gasteiger partial charge on any atom is 0.338 e. The molecule has 8 rings (SSSR count). The first-order valence-corrected chi connectivity index (χ1v) is 25.9. The molecule has 12 heteroatoms. The molecule has 0 saturated carbocycles. The Labute approximate surface area is 334 Å². The third-order valence-corrected chi connectivity index (χ3v) is 22.2. The summed E-state index contributed by atoms with van der Waals surface area (Å²) in [5, 5.41) is 2.61. The molecular formula is C45H44O8P4. The van der Waals surface area contributed by atoms with E-state index in [1.165, 1.54) is 0 Å². The summed E-state index contributed by atoms with van der Waals surface area (Å²) < 4.78 is 85.9. The lowest BCUT2D eigenvalue weighted by molar-refractivity contribution is -0.0707. The normalized spacial score (nSPS) is 23.7. The summed E-state index contributed by atoms with van der Waals surface area (Å²) in [6.07, 6.45) is 0.0261. The Balaban J connectivity index is 1.06. The largest absolute Gasteiger partial charge is 0.338 e. The summed E-state index contributed by atoms with van der Waals surface area (Å²) in [5.74, 6) is 0. The molecule has 0 aliphatic carbocycles. The Hall–Kier alpha value is -3.92. The average Bonchev–Trinajstić information content (AvgIpc) is 3.28. The third-order valence-electron chi connectivity index (χ3n) is 10.9. The van der Waals surface area contributed by atoms with Crippen molar-refractivity contribution in [3.05, 3.63) is 193 Å². The number of benzene rings is 6. The second-order valence-corrected chi connectivity index (χ2v) is 24.9. The molecule has 0 aromatic heterocycles. The molecule has 2 atom stereocenters. The minimum absolute atomic E-state index is 0.0131. The zero-order chi connectivity index (χ0) is 39.4. The molecule has 0 radical (unpaired) electrons. The van der Waals surface area contributed by atoms with Crippen molar-refractivity contribution in [2.45, 2.75) is 11.3 Å². The molecule has 6 aromatic rings. The highest BCUT2D eigenvalue weighted by molar-refractivity contribution is 7.79. The quantitative estimate of drug-likeness (QED) is 0.112. The second-order valence-electron chi connectivity index (χ2n) is 14.7. The molecule has 0 N–H and O–H groups in total. The van der Waals surface area contributed by atoms with Crippen LogP contribution in [0.2, 0.25) is 0 Å². The molecule has 2 aliphatic rings. The summed E-state index contributed by atoms with van der Waals surface area (Å²) in [4.78, 5) is 0. The monoisotopic (exact) mass is 836 g/mol. The Morgan fingerprint density at radius 1 is 0.404 bits per heavy atom. The maximum absolute atomic E-state index is 15.3. The van der Waals surface area contributed by atoms with Gasteiger partial charge in [-0.3, -0.25) is 9.13 Å². The first-order valence-electron chi connectivity index (χ1n) is 18.9. The molecule has 2 aliphatic heterocycles. The maximum atomic E-state index is 15.3. The van der Waals surface area contributed by atoms with Crippen LogP contribution >= 0.6 is 29.5 Å². The van der Waals surface area contributed by atoms with Crippen molar-refractivity contribution in [3.8, 4) is 0 Å². The van der Waals surface area contributed by atoms with Crippen molar-refractivity contribution < 1.29 is 36.4 Å². The van der Waals surface area contributed by atoms with Gasteiger partial charge in [-0.25, -0.2) is 0 Å². The summed E-state index contributed by atoms with van der Waals surface area (Å²) in [7, 11) is -14.6. The van der Waals surface area contributed by atoms with Gasteiger partial charge in [-0.05, 0) is 11.1 Å². The molecule has 6 aromatic carbocycles. The van der Waals surface area contributed by atoms with Crippen LogP contribution in [-0.4, -0.2) is 38.8 Å². The van der Waals surface area contributed by atoms with Gasteiger partial charge < -0.3 is 27.2 Å². The summed E-state index contributed by atoms with van der Waals surface area (Å²) in [5.41, 5.74) is -1.25. The first-order chi connectivity index (χ1) is 27.6. The van der Waals surface area contributed by atoms with Crippen molar-refractivity contribution in [3.63, 3.8) is 0 Å². The van der Waals surface area contributed by atoms with Crippen molar-refractivity contribution >= 4 is 50.7 Å². The predicted molar refractivity (Wildman–Crippen MR) is 229 cm³/mol. The second kappa shape index (κ2) is 16.7. The minimum atomic E-state index is -3.96. The Morgan fingerprint density at radius 2 is 0.632 bits per heavy atom. The highest BCUT2D eigenvalue weighted by Crippen LogP contribution is 2.71. The van der Waals surface area contributed by atoms with Gasteiger partial charge in [0, 0.05) is 33.5 Å². The predicted octanol–water partition coefficient (Wildman–Crippen LogP) is 9.96. The van der Waals surface area contributed by atoms with Gasteiger partial charge in [0.1, 0.15) is 14.3 Å². The fourth-order valence-corrected chi connectivity index (χ4v) is 19.8. The van der Waals surface area contributed by atoms with E-state index in [1.807, 2.05) is 182 Å². The van der Waals surface area contributed by atoms with Crippen LogP contribution in [-0.2, 0) is 36.4 Å². The van der Waals surface area contributed by atoms with Crippen molar-refractivity contribution in [2.24, 2.45) is 5.41 Å². The zero-order valence-corrected chi connectivity index (χ0v) is 34.9. The van der Waals surface area contributed by atoms with E-state index in [9.17, 15) is 0 Å². The summed E-state index contributed by atoms with van der Waals surface area (Å²) in [6, 6.07) is 55.7. The fraction of sp³-hybridized carbons (Fsp3) is 0.200. The van der Waals surface area contributed by atoms with Gasteiger partial charge in [0.05, 0.1) is 43.2 Å². The van der Waals surface area contributed by atoms with Crippen LogP contribution in [0.3, 0.4) is 0 Å². The minimum Gasteiger partial charge on any atom is -0.314 e. The number of hydrogen-bond acceptors (Lipinski definition) is 8. The van der Waals surface area contributed by atoms with Crippen molar-refractivity contribution in [2.75, 3.05) is 38.8 Å². The van der Waals surface area contributed by atoms with Crippen LogP contribution in [0.5, 0.6) is 0 Å². The van der Waals surface area contributed by atoms with Crippen LogP contribution < -0.4 is 21.2 Å². The van der Waals surface area contributed by atoms with E-state index in [-0.39, 0.29) is 38.8 Å². The Morgan fingerprint density at radius 3 is 0.877 bits per heavy atom. The van der Waals surface area contributed by atoms with Gasteiger partial charge in [-0.15, -0.1) is 0 Å². The first kappa shape index (κ1) is 39.9. The van der Waals surface area contributed by atoms with E-state index in [0.29, 0.717) is 32.3 Å². The fourth-order valence-electron chi connectivity index (χ4n) is 7.60. The zero-order valence-electron chi connectivity index (χ0n) is 31.3. The highest BCUT2D eigenvalue weighted by atomic mass is 31.2. The SMILES string of the molecule is O=P(CC(c1ccccc1)P1(=O)OCC2(CO1)COP(=O)(C(CP(=O)(c1ccccc1)c1ccccc1)c1ccccc1)OC2)(c1ccccc1)c1ccccc1. The van der Waals surface area contributed by atoms with Crippen LogP contribution in [0, 0.1) is 5.41 Å². The topological polar surface area (TPSA) is 105 Å². The van der Waals surface area contributed by atoms with E-state index < -0.39 is 46.2 Å². The molecule has 2 fully saturated rings. The molecule has 2 unspecified atom stereocenters. The van der Waals surface area contributed by atoms with Gasteiger partial charge in [0.25, 0.3) is 0 Å². The molecule has 0 amide bonds. The third kappa shape index (κ3) is 8.22. The van der Waals surface area contributed by atoms with Crippen molar-refractivity contribution in [1.29, 1.82) is 0 Å². The molecular weight excluding hydrogens is 792 g/mol. The van der Waals surface area contributed by atoms with E-state index in [1.54, 1.807) is 0 Å². The summed E-state index contributed by atoms with van der Waals surface area (Å²) >= 11 is 0. The Bertz CT molecular complexity index is 2170.